The Bertz CT molecular complexity index is 485. The standard InChI is InChI=1S/C11H14N4O3/c12-14-10-5-4-8(15(17)18)6-9(10)11(16)13-7-2-1-3-7/h4-7,14H,1-3,12H2,(H,13,16). The van der Waals surface area contributed by atoms with Crippen molar-refractivity contribution in [3.8, 4) is 0 Å². The Morgan fingerprint density at radius 3 is 2.67 bits per heavy atom. The molecule has 1 aromatic carbocycles. The summed E-state index contributed by atoms with van der Waals surface area (Å²) in [5.41, 5.74) is 2.80. The van der Waals surface area contributed by atoms with Crippen molar-refractivity contribution in [1.29, 1.82) is 0 Å². The van der Waals surface area contributed by atoms with Gasteiger partial charge in [-0.25, -0.2) is 0 Å². The molecule has 1 aliphatic carbocycles. The first-order valence-electron chi connectivity index (χ1n) is 5.67. The highest BCUT2D eigenvalue weighted by atomic mass is 16.6. The van der Waals surface area contributed by atoms with E-state index in [4.69, 9.17) is 5.84 Å². The molecule has 0 unspecified atom stereocenters. The van der Waals surface area contributed by atoms with Gasteiger partial charge in [0, 0.05) is 18.2 Å². The number of nitrogens with zero attached hydrogens (tertiary/aromatic N) is 1. The zero-order chi connectivity index (χ0) is 13.1. The van der Waals surface area contributed by atoms with Crippen LogP contribution in [0.25, 0.3) is 0 Å². The van der Waals surface area contributed by atoms with Crippen LogP contribution in [0, 0.1) is 10.1 Å². The Morgan fingerprint density at radius 2 is 2.17 bits per heavy atom. The first-order chi connectivity index (χ1) is 8.61. The van der Waals surface area contributed by atoms with Gasteiger partial charge in [-0.3, -0.25) is 20.8 Å². The predicted molar refractivity (Wildman–Crippen MR) is 66.0 cm³/mol. The van der Waals surface area contributed by atoms with Crippen molar-refractivity contribution >= 4 is 17.3 Å². The lowest BCUT2D eigenvalue weighted by Crippen LogP contribution is -2.39. The van der Waals surface area contributed by atoms with E-state index in [0.717, 1.165) is 19.3 Å². The third-order valence-corrected chi connectivity index (χ3v) is 3.05. The average Bonchev–Trinajstić information content (AvgIpc) is 2.32. The number of hydrogen-bond acceptors (Lipinski definition) is 5. The van der Waals surface area contributed by atoms with Gasteiger partial charge < -0.3 is 10.7 Å². The number of rotatable bonds is 4. The molecule has 7 nitrogen and oxygen atoms in total. The van der Waals surface area contributed by atoms with Crippen molar-refractivity contribution in [2.45, 2.75) is 25.3 Å². The van der Waals surface area contributed by atoms with Gasteiger partial charge in [-0.1, -0.05) is 0 Å². The van der Waals surface area contributed by atoms with E-state index in [-0.39, 0.29) is 23.2 Å². The van der Waals surface area contributed by atoms with Gasteiger partial charge in [-0.15, -0.1) is 0 Å². The fourth-order valence-electron chi connectivity index (χ4n) is 1.78. The molecule has 4 N–H and O–H groups in total. The van der Waals surface area contributed by atoms with Gasteiger partial charge in [0.2, 0.25) is 0 Å². The minimum atomic E-state index is -0.541. The molecule has 1 aromatic rings. The number of amides is 1. The van der Waals surface area contributed by atoms with Crippen molar-refractivity contribution in [2.24, 2.45) is 5.84 Å². The number of carbonyl (C=O) groups excluding carboxylic acids is 1. The summed E-state index contributed by atoms with van der Waals surface area (Å²) in [4.78, 5) is 22.1. The molecule has 1 aliphatic rings. The third kappa shape index (κ3) is 2.40. The molecule has 0 atom stereocenters. The zero-order valence-corrected chi connectivity index (χ0v) is 9.68. The van der Waals surface area contributed by atoms with Crippen molar-refractivity contribution in [1.82, 2.24) is 5.32 Å². The summed E-state index contributed by atoms with van der Waals surface area (Å²) in [5, 5.41) is 13.5. The van der Waals surface area contributed by atoms with Crippen LogP contribution in [0.4, 0.5) is 11.4 Å². The van der Waals surface area contributed by atoms with E-state index in [1.165, 1.54) is 18.2 Å². The van der Waals surface area contributed by atoms with Crippen LogP contribution in [-0.2, 0) is 0 Å². The van der Waals surface area contributed by atoms with Gasteiger partial charge in [0.15, 0.2) is 0 Å². The van der Waals surface area contributed by atoms with E-state index in [9.17, 15) is 14.9 Å². The van der Waals surface area contributed by atoms with Gasteiger partial charge in [-0.05, 0) is 25.3 Å². The lowest BCUT2D eigenvalue weighted by Gasteiger charge is -2.26. The number of non-ortho nitro benzene ring substituents is 1. The maximum absolute atomic E-state index is 12.0. The van der Waals surface area contributed by atoms with Crippen LogP contribution in [0.1, 0.15) is 29.6 Å². The maximum Gasteiger partial charge on any atom is 0.270 e. The quantitative estimate of drug-likeness (QED) is 0.422. The molecule has 18 heavy (non-hydrogen) atoms. The van der Waals surface area contributed by atoms with Crippen LogP contribution in [0.2, 0.25) is 0 Å². The van der Waals surface area contributed by atoms with Gasteiger partial charge >= 0.3 is 0 Å². The number of hydrogen-bond donors (Lipinski definition) is 3. The minimum absolute atomic E-state index is 0.132. The zero-order valence-electron chi connectivity index (χ0n) is 9.68. The van der Waals surface area contributed by atoms with E-state index in [1.54, 1.807) is 0 Å². The fraction of sp³-hybridized carbons (Fsp3) is 0.364. The SMILES string of the molecule is NNc1ccc([N+](=O)[O-])cc1C(=O)NC1CCC1. The number of nitrogen functional groups attached to an aromatic ring is 1. The molecule has 7 heteroatoms. The van der Waals surface area contributed by atoms with Crippen molar-refractivity contribution in [3.63, 3.8) is 0 Å². The summed E-state index contributed by atoms with van der Waals surface area (Å²) < 4.78 is 0. The molecular weight excluding hydrogens is 236 g/mol. The number of benzene rings is 1. The number of carbonyl (C=O) groups is 1. The number of hydrazine groups is 1. The van der Waals surface area contributed by atoms with E-state index in [1.807, 2.05) is 0 Å². The molecule has 0 bridgehead atoms. The average molecular weight is 250 g/mol. The molecule has 96 valence electrons. The van der Waals surface area contributed by atoms with Gasteiger partial charge in [-0.2, -0.15) is 0 Å². The lowest BCUT2D eigenvalue weighted by molar-refractivity contribution is -0.384. The van der Waals surface area contributed by atoms with Crippen LogP contribution >= 0.6 is 0 Å². The Balaban J connectivity index is 2.24. The van der Waals surface area contributed by atoms with E-state index in [2.05, 4.69) is 10.7 Å². The molecular formula is C11H14N4O3. The van der Waals surface area contributed by atoms with Gasteiger partial charge in [0.05, 0.1) is 16.2 Å². The van der Waals surface area contributed by atoms with E-state index >= 15 is 0 Å². The molecule has 1 fully saturated rings. The first-order valence-corrected chi connectivity index (χ1v) is 5.67. The molecule has 0 spiro atoms. The topological polar surface area (TPSA) is 110 Å². The lowest BCUT2D eigenvalue weighted by atomic mass is 9.93. The Labute approximate surface area is 103 Å². The number of nitro benzene ring substituents is 1. The fourth-order valence-corrected chi connectivity index (χ4v) is 1.78. The summed E-state index contributed by atoms with van der Waals surface area (Å²) in [5.74, 6) is 4.96. The summed E-state index contributed by atoms with van der Waals surface area (Å²) in [6, 6.07) is 4.12. The summed E-state index contributed by atoms with van der Waals surface area (Å²) in [6.07, 6.45) is 3.00. The Kier molecular flexibility index (Phi) is 3.42. The monoisotopic (exact) mass is 250 g/mol. The number of nitrogens with one attached hydrogen (secondary N) is 2. The van der Waals surface area contributed by atoms with Crippen LogP contribution in [-0.4, -0.2) is 16.9 Å². The normalized spacial score (nSPS) is 14.7. The molecule has 0 aliphatic heterocycles. The van der Waals surface area contributed by atoms with Crippen LogP contribution in [0.15, 0.2) is 18.2 Å². The molecule has 1 saturated carbocycles. The number of anilines is 1. The highest BCUT2D eigenvalue weighted by Gasteiger charge is 2.22. The minimum Gasteiger partial charge on any atom is -0.349 e. The van der Waals surface area contributed by atoms with Crippen molar-refractivity contribution in [3.05, 3.63) is 33.9 Å². The second kappa shape index (κ2) is 5.01. The maximum atomic E-state index is 12.0. The highest BCUT2D eigenvalue weighted by Crippen LogP contribution is 2.23. The van der Waals surface area contributed by atoms with Crippen LogP contribution in [0.5, 0.6) is 0 Å². The Morgan fingerprint density at radius 1 is 1.44 bits per heavy atom. The third-order valence-electron chi connectivity index (χ3n) is 3.05. The smallest absolute Gasteiger partial charge is 0.270 e. The van der Waals surface area contributed by atoms with Gasteiger partial charge in [0.25, 0.3) is 11.6 Å². The summed E-state index contributed by atoms with van der Waals surface area (Å²) in [7, 11) is 0. The molecule has 0 heterocycles. The van der Waals surface area contributed by atoms with Gasteiger partial charge in [0.1, 0.15) is 0 Å². The van der Waals surface area contributed by atoms with Crippen LogP contribution in [0.3, 0.4) is 0 Å². The summed E-state index contributed by atoms with van der Waals surface area (Å²) in [6.45, 7) is 0. The first kappa shape index (κ1) is 12.3. The van der Waals surface area contributed by atoms with E-state index < -0.39 is 4.92 Å². The molecule has 0 saturated heterocycles. The van der Waals surface area contributed by atoms with Crippen molar-refractivity contribution in [2.75, 3.05) is 5.43 Å². The highest BCUT2D eigenvalue weighted by molar-refractivity contribution is 6.00. The molecule has 0 aromatic heterocycles. The number of nitrogens with two attached hydrogens (primary N) is 1. The molecule has 2 rings (SSSR count). The Hall–Kier alpha value is -2.15. The van der Waals surface area contributed by atoms with Crippen LogP contribution < -0.4 is 16.6 Å². The number of nitro groups is 1. The molecule has 1 amide bonds. The van der Waals surface area contributed by atoms with Crippen molar-refractivity contribution < 1.29 is 9.72 Å². The predicted octanol–water partition coefficient (Wildman–Crippen LogP) is 1.16. The summed E-state index contributed by atoms with van der Waals surface area (Å²) >= 11 is 0. The second-order valence-corrected chi connectivity index (χ2v) is 4.23. The molecule has 0 radical (unpaired) electrons. The second-order valence-electron chi connectivity index (χ2n) is 4.23. The van der Waals surface area contributed by atoms with E-state index in [0.29, 0.717) is 5.69 Å². The largest absolute Gasteiger partial charge is 0.349 e.